The van der Waals surface area contributed by atoms with Crippen molar-refractivity contribution in [2.75, 3.05) is 19.8 Å². The van der Waals surface area contributed by atoms with Crippen LogP contribution in [0.4, 0.5) is 8.78 Å². The summed E-state index contributed by atoms with van der Waals surface area (Å²) in [6, 6.07) is 0. The molecule has 18 heavy (non-hydrogen) atoms. The van der Waals surface area contributed by atoms with Crippen LogP contribution in [0.25, 0.3) is 0 Å². The van der Waals surface area contributed by atoms with Crippen LogP contribution in [0.15, 0.2) is 0 Å². The fourth-order valence-electron chi connectivity index (χ4n) is 1.69. The van der Waals surface area contributed by atoms with Crippen LogP contribution in [0.5, 0.6) is 0 Å². The lowest BCUT2D eigenvalue weighted by Gasteiger charge is -2.17. The molecule has 100 valence electrons. The third-order valence-electron chi connectivity index (χ3n) is 2.53. The van der Waals surface area contributed by atoms with Crippen LogP contribution in [-0.2, 0) is 28.9 Å². The van der Waals surface area contributed by atoms with E-state index in [0.29, 0.717) is 37.0 Å². The van der Waals surface area contributed by atoms with Gasteiger partial charge in [0.25, 0.3) is 6.43 Å². The molecule has 0 aromatic carbocycles. The Morgan fingerprint density at radius 2 is 2.22 bits per heavy atom. The molecule has 1 aliphatic heterocycles. The molecule has 0 N–H and O–H groups in total. The van der Waals surface area contributed by atoms with Gasteiger partial charge in [-0.25, -0.2) is 18.7 Å². The van der Waals surface area contributed by atoms with Gasteiger partial charge in [-0.2, -0.15) is 0 Å². The normalized spacial score (nSPS) is 14.9. The van der Waals surface area contributed by atoms with E-state index in [2.05, 4.69) is 9.97 Å². The molecule has 7 heteroatoms. The third-order valence-corrected chi connectivity index (χ3v) is 2.84. The van der Waals surface area contributed by atoms with Gasteiger partial charge in [-0.3, -0.25) is 0 Å². The minimum absolute atomic E-state index is 0.163. The van der Waals surface area contributed by atoms with E-state index in [9.17, 15) is 8.78 Å². The molecule has 0 aliphatic carbocycles. The molecule has 0 bridgehead atoms. The van der Waals surface area contributed by atoms with Gasteiger partial charge >= 0.3 is 0 Å². The molecule has 2 rings (SSSR count). The summed E-state index contributed by atoms with van der Waals surface area (Å²) < 4.78 is 33.8. The first-order valence-electron chi connectivity index (χ1n) is 5.64. The number of rotatable bonds is 5. The Labute approximate surface area is 108 Å². The summed E-state index contributed by atoms with van der Waals surface area (Å²) in [7, 11) is 0. The molecule has 0 fully saturated rings. The van der Waals surface area contributed by atoms with Crippen LogP contribution in [0.3, 0.4) is 0 Å². The lowest BCUT2D eigenvalue weighted by molar-refractivity contribution is 0.0182. The zero-order valence-electron chi connectivity index (χ0n) is 9.66. The van der Waals surface area contributed by atoms with Crippen molar-refractivity contribution in [2.45, 2.75) is 25.9 Å². The summed E-state index contributed by atoms with van der Waals surface area (Å²) in [5.41, 5.74) is 1.70. The summed E-state index contributed by atoms with van der Waals surface area (Å²) in [4.78, 5) is 8.46. The molecule has 2 heterocycles. The molecule has 1 aliphatic rings. The van der Waals surface area contributed by atoms with Crippen LogP contribution >= 0.6 is 11.6 Å². The summed E-state index contributed by atoms with van der Waals surface area (Å²) in [5, 5.41) is 0.378. The van der Waals surface area contributed by atoms with Gasteiger partial charge in [-0.1, -0.05) is 11.6 Å². The first-order valence-corrected chi connectivity index (χ1v) is 6.02. The predicted octanol–water partition coefficient (Wildman–Crippen LogP) is 2.03. The minimum atomic E-state index is -2.45. The molecule has 0 spiro atoms. The highest BCUT2D eigenvalue weighted by molar-refractivity contribution is 6.30. The highest BCUT2D eigenvalue weighted by Gasteiger charge is 2.17. The average molecular weight is 279 g/mol. The first-order chi connectivity index (χ1) is 8.66. The molecular formula is C11H13ClF2N2O2. The zero-order valence-corrected chi connectivity index (χ0v) is 10.4. The molecule has 0 saturated carbocycles. The summed E-state index contributed by atoms with van der Waals surface area (Å²) in [6.07, 6.45) is -1.38. The minimum Gasteiger partial charge on any atom is -0.376 e. The third kappa shape index (κ3) is 3.57. The van der Waals surface area contributed by atoms with Crippen LogP contribution in [0.1, 0.15) is 17.1 Å². The van der Waals surface area contributed by atoms with Crippen molar-refractivity contribution in [1.82, 2.24) is 9.97 Å². The Hall–Kier alpha value is -0.850. The second kappa shape index (κ2) is 6.36. The molecule has 0 amide bonds. The highest BCUT2D eigenvalue weighted by Crippen LogP contribution is 2.22. The quantitative estimate of drug-likeness (QED) is 0.611. The maximum Gasteiger partial charge on any atom is 0.261 e. The van der Waals surface area contributed by atoms with E-state index < -0.39 is 13.0 Å². The summed E-state index contributed by atoms with van der Waals surface area (Å²) in [5.74, 6) is 0.523. The first kappa shape index (κ1) is 13.6. The Bertz CT molecular complexity index is 418. The van der Waals surface area contributed by atoms with Crippen molar-refractivity contribution in [3.63, 3.8) is 0 Å². The summed E-state index contributed by atoms with van der Waals surface area (Å²) >= 11 is 6.02. The van der Waals surface area contributed by atoms with Crippen molar-refractivity contribution in [2.24, 2.45) is 0 Å². The lowest BCUT2D eigenvalue weighted by atomic mass is 10.1. The standard InChI is InChI=1S/C11H13ClF2N2O2/c12-11-7-5-17-3-1-8(7)15-10(16-11)2-4-18-6-9(13)14/h9H,1-6H2. The van der Waals surface area contributed by atoms with Gasteiger partial charge < -0.3 is 9.47 Å². The smallest absolute Gasteiger partial charge is 0.261 e. The van der Waals surface area contributed by atoms with Crippen LogP contribution in [0, 0.1) is 0 Å². The Kier molecular flexibility index (Phi) is 4.79. The van der Waals surface area contributed by atoms with Gasteiger partial charge in [0.1, 0.15) is 17.6 Å². The van der Waals surface area contributed by atoms with Crippen LogP contribution in [-0.4, -0.2) is 36.2 Å². The number of ether oxygens (including phenoxy) is 2. The molecular weight excluding hydrogens is 266 g/mol. The van der Waals surface area contributed by atoms with Crippen molar-refractivity contribution in [3.8, 4) is 0 Å². The van der Waals surface area contributed by atoms with E-state index >= 15 is 0 Å². The number of nitrogens with zero attached hydrogens (tertiary/aromatic N) is 2. The number of halogens is 3. The Morgan fingerprint density at radius 1 is 1.39 bits per heavy atom. The molecule has 1 aromatic rings. The van der Waals surface area contributed by atoms with Crippen LogP contribution < -0.4 is 0 Å². The Morgan fingerprint density at radius 3 is 3.00 bits per heavy atom. The van der Waals surface area contributed by atoms with Gasteiger partial charge in [0.2, 0.25) is 0 Å². The van der Waals surface area contributed by atoms with E-state index in [1.165, 1.54) is 0 Å². The van der Waals surface area contributed by atoms with Gasteiger partial charge in [-0.05, 0) is 0 Å². The topological polar surface area (TPSA) is 44.2 Å². The zero-order chi connectivity index (χ0) is 13.0. The van der Waals surface area contributed by atoms with Crippen LogP contribution in [0.2, 0.25) is 5.15 Å². The number of alkyl halides is 2. The van der Waals surface area contributed by atoms with Crippen molar-refractivity contribution >= 4 is 11.6 Å². The van der Waals surface area contributed by atoms with E-state index in [1.54, 1.807) is 0 Å². The molecule has 0 unspecified atom stereocenters. The largest absolute Gasteiger partial charge is 0.376 e. The number of aromatic nitrogens is 2. The maximum atomic E-state index is 11.9. The monoisotopic (exact) mass is 278 g/mol. The molecule has 0 atom stereocenters. The highest BCUT2D eigenvalue weighted by atomic mass is 35.5. The van der Waals surface area contributed by atoms with Gasteiger partial charge in [-0.15, -0.1) is 0 Å². The van der Waals surface area contributed by atoms with Crippen molar-refractivity contribution in [1.29, 1.82) is 0 Å². The second-order valence-electron chi connectivity index (χ2n) is 3.87. The van der Waals surface area contributed by atoms with E-state index in [0.717, 1.165) is 11.3 Å². The average Bonchev–Trinajstić information content (AvgIpc) is 2.35. The Balaban J connectivity index is 1.95. The molecule has 1 aromatic heterocycles. The summed E-state index contributed by atoms with van der Waals surface area (Å²) in [6.45, 7) is 0.639. The number of hydrogen-bond acceptors (Lipinski definition) is 4. The van der Waals surface area contributed by atoms with E-state index in [-0.39, 0.29) is 6.61 Å². The van der Waals surface area contributed by atoms with Gasteiger partial charge in [0.15, 0.2) is 0 Å². The van der Waals surface area contributed by atoms with E-state index in [1.807, 2.05) is 0 Å². The van der Waals surface area contributed by atoms with Crippen molar-refractivity contribution < 1.29 is 18.3 Å². The second-order valence-corrected chi connectivity index (χ2v) is 4.23. The fraction of sp³-hybridized carbons (Fsp3) is 0.636. The van der Waals surface area contributed by atoms with E-state index in [4.69, 9.17) is 21.1 Å². The maximum absolute atomic E-state index is 11.9. The molecule has 4 nitrogen and oxygen atoms in total. The SMILES string of the molecule is FC(F)COCCc1nc(Cl)c2c(n1)CCOC2. The predicted molar refractivity (Wildman–Crippen MR) is 60.9 cm³/mol. The van der Waals surface area contributed by atoms with Crippen molar-refractivity contribution in [3.05, 3.63) is 22.2 Å². The molecule has 0 radical (unpaired) electrons. The molecule has 0 saturated heterocycles. The number of fused-ring (bicyclic) bond motifs is 1. The number of hydrogen-bond donors (Lipinski definition) is 0. The lowest BCUT2D eigenvalue weighted by Crippen LogP contribution is -2.16. The van der Waals surface area contributed by atoms with Gasteiger partial charge in [0, 0.05) is 18.4 Å². The van der Waals surface area contributed by atoms with Gasteiger partial charge in [0.05, 0.1) is 25.5 Å². The fourth-order valence-corrected chi connectivity index (χ4v) is 1.95.